The third-order valence-corrected chi connectivity index (χ3v) is 6.99. The fourth-order valence-electron chi connectivity index (χ4n) is 3.57. The van der Waals surface area contributed by atoms with Crippen LogP contribution in [0.2, 0.25) is 0 Å². The van der Waals surface area contributed by atoms with Crippen molar-refractivity contribution < 1.29 is 9.53 Å². The Labute approximate surface area is 179 Å². The van der Waals surface area contributed by atoms with Gasteiger partial charge in [0, 0.05) is 29.9 Å². The maximum Gasteiger partial charge on any atom is 0.230 e. The Kier molecular flexibility index (Phi) is 6.82. The molecule has 29 heavy (non-hydrogen) atoms. The molecule has 1 unspecified atom stereocenters. The summed E-state index contributed by atoms with van der Waals surface area (Å²) >= 11 is 3.23. The lowest BCUT2D eigenvalue weighted by atomic mass is 10.1. The number of thioether (sulfide) groups is 1. The molecule has 1 amide bonds. The van der Waals surface area contributed by atoms with Gasteiger partial charge in [-0.2, -0.15) is 0 Å². The number of fused-ring (bicyclic) bond motifs is 1. The van der Waals surface area contributed by atoms with Crippen LogP contribution in [-0.2, 0) is 9.53 Å². The Morgan fingerprint density at radius 1 is 1.28 bits per heavy atom. The summed E-state index contributed by atoms with van der Waals surface area (Å²) in [6.45, 7) is 5.99. The van der Waals surface area contributed by atoms with E-state index in [0.29, 0.717) is 12.3 Å². The van der Waals surface area contributed by atoms with Gasteiger partial charge < -0.3 is 10.1 Å². The Morgan fingerprint density at radius 3 is 2.90 bits per heavy atom. The topological polar surface area (TPSA) is 54.5 Å². The van der Waals surface area contributed by atoms with Crippen LogP contribution in [0.25, 0.3) is 10.9 Å². The van der Waals surface area contributed by atoms with Gasteiger partial charge in [0.15, 0.2) is 0 Å². The number of morpholine rings is 1. The number of aromatic nitrogens is 1. The Bertz CT molecular complexity index is 956. The SMILES string of the molecule is Cc1cc(SCC(=O)NCC(c2cccs2)N2CCOCC2)nc2ccccc12. The minimum Gasteiger partial charge on any atom is -0.379 e. The van der Waals surface area contributed by atoms with Crippen molar-refractivity contribution in [2.45, 2.75) is 18.0 Å². The number of carbonyl (C=O) groups is 1. The Morgan fingerprint density at radius 2 is 2.10 bits per heavy atom. The van der Waals surface area contributed by atoms with Crippen LogP contribution in [0.3, 0.4) is 0 Å². The molecule has 1 N–H and O–H groups in total. The number of para-hydroxylation sites is 1. The molecule has 3 aromatic rings. The monoisotopic (exact) mass is 427 g/mol. The zero-order valence-corrected chi connectivity index (χ0v) is 18.1. The summed E-state index contributed by atoms with van der Waals surface area (Å²) in [5.41, 5.74) is 2.16. The molecule has 1 fully saturated rings. The van der Waals surface area contributed by atoms with E-state index in [4.69, 9.17) is 4.74 Å². The molecule has 1 aliphatic heterocycles. The molecule has 1 atom stereocenters. The minimum atomic E-state index is 0.0393. The highest BCUT2D eigenvalue weighted by Crippen LogP contribution is 2.26. The van der Waals surface area contributed by atoms with Gasteiger partial charge in [-0.3, -0.25) is 9.69 Å². The van der Waals surface area contributed by atoms with Gasteiger partial charge in [0.2, 0.25) is 5.91 Å². The predicted molar refractivity (Wildman–Crippen MR) is 120 cm³/mol. The molecule has 1 aromatic carbocycles. The van der Waals surface area contributed by atoms with Crippen LogP contribution in [0, 0.1) is 6.92 Å². The number of carbonyl (C=O) groups excluding carboxylic acids is 1. The molecule has 152 valence electrons. The van der Waals surface area contributed by atoms with Crippen LogP contribution in [0.5, 0.6) is 0 Å². The van der Waals surface area contributed by atoms with Crippen molar-refractivity contribution in [3.8, 4) is 0 Å². The van der Waals surface area contributed by atoms with Crippen molar-refractivity contribution in [2.75, 3.05) is 38.6 Å². The summed E-state index contributed by atoms with van der Waals surface area (Å²) in [6.07, 6.45) is 0. The predicted octanol–water partition coefficient (Wildman–Crippen LogP) is 3.89. The van der Waals surface area contributed by atoms with E-state index in [1.807, 2.05) is 18.2 Å². The average molecular weight is 428 g/mol. The maximum absolute atomic E-state index is 12.5. The zero-order valence-electron chi connectivity index (χ0n) is 16.5. The number of ether oxygens (including phenoxy) is 1. The fraction of sp³-hybridized carbons (Fsp3) is 0.364. The first kappa shape index (κ1) is 20.3. The van der Waals surface area contributed by atoms with Crippen LogP contribution < -0.4 is 5.32 Å². The first-order valence-corrected chi connectivity index (χ1v) is 11.7. The van der Waals surface area contributed by atoms with Crippen molar-refractivity contribution in [2.24, 2.45) is 0 Å². The first-order chi connectivity index (χ1) is 14.2. The van der Waals surface area contributed by atoms with Gasteiger partial charge in [-0.05, 0) is 36.1 Å². The average Bonchev–Trinajstić information content (AvgIpc) is 3.28. The molecule has 0 spiro atoms. The summed E-state index contributed by atoms with van der Waals surface area (Å²) in [6, 6.07) is 14.6. The number of hydrogen-bond acceptors (Lipinski definition) is 6. The molecule has 0 saturated carbocycles. The van der Waals surface area contributed by atoms with Crippen molar-refractivity contribution in [1.29, 1.82) is 0 Å². The normalized spacial score (nSPS) is 16.0. The third-order valence-electron chi connectivity index (χ3n) is 5.10. The summed E-state index contributed by atoms with van der Waals surface area (Å²) in [5.74, 6) is 0.405. The molecule has 0 aliphatic carbocycles. The van der Waals surface area contributed by atoms with E-state index in [1.165, 1.54) is 22.2 Å². The minimum absolute atomic E-state index is 0.0393. The van der Waals surface area contributed by atoms with Gasteiger partial charge >= 0.3 is 0 Å². The smallest absolute Gasteiger partial charge is 0.230 e. The van der Waals surface area contributed by atoms with Gasteiger partial charge in [-0.25, -0.2) is 4.98 Å². The van der Waals surface area contributed by atoms with Crippen molar-refractivity contribution in [1.82, 2.24) is 15.2 Å². The van der Waals surface area contributed by atoms with Crippen molar-refractivity contribution >= 4 is 39.9 Å². The third kappa shape index (κ3) is 5.17. The lowest BCUT2D eigenvalue weighted by molar-refractivity contribution is -0.118. The number of amides is 1. The summed E-state index contributed by atoms with van der Waals surface area (Å²) in [5, 5.41) is 7.26. The molecular weight excluding hydrogens is 402 g/mol. The number of thiophene rings is 1. The highest BCUT2D eigenvalue weighted by atomic mass is 32.2. The number of benzene rings is 1. The van der Waals surface area contributed by atoms with Crippen LogP contribution >= 0.6 is 23.1 Å². The number of nitrogens with one attached hydrogen (secondary N) is 1. The van der Waals surface area contributed by atoms with E-state index in [9.17, 15) is 4.79 Å². The molecule has 2 aromatic heterocycles. The summed E-state index contributed by atoms with van der Waals surface area (Å²) in [4.78, 5) is 20.9. The van der Waals surface area contributed by atoms with E-state index in [0.717, 1.165) is 42.2 Å². The molecule has 7 heteroatoms. The van der Waals surface area contributed by atoms with E-state index in [2.05, 4.69) is 51.8 Å². The van der Waals surface area contributed by atoms with Gasteiger partial charge in [-0.1, -0.05) is 36.0 Å². The number of aryl methyl sites for hydroxylation is 1. The molecule has 3 heterocycles. The Hall–Kier alpha value is -1.93. The fourth-order valence-corrected chi connectivity index (χ4v) is 5.24. The van der Waals surface area contributed by atoms with E-state index in [1.54, 1.807) is 11.3 Å². The van der Waals surface area contributed by atoms with Gasteiger partial charge in [0.1, 0.15) is 0 Å². The lowest BCUT2D eigenvalue weighted by Crippen LogP contribution is -2.43. The van der Waals surface area contributed by atoms with Crippen molar-refractivity contribution in [3.63, 3.8) is 0 Å². The molecule has 0 radical (unpaired) electrons. The largest absolute Gasteiger partial charge is 0.379 e. The van der Waals surface area contributed by atoms with E-state index >= 15 is 0 Å². The quantitative estimate of drug-likeness (QED) is 0.580. The summed E-state index contributed by atoms with van der Waals surface area (Å²) in [7, 11) is 0. The summed E-state index contributed by atoms with van der Waals surface area (Å²) < 4.78 is 5.48. The van der Waals surface area contributed by atoms with Gasteiger partial charge in [0.25, 0.3) is 0 Å². The second kappa shape index (κ2) is 9.71. The molecule has 1 aliphatic rings. The maximum atomic E-state index is 12.5. The molecule has 0 bridgehead atoms. The van der Waals surface area contributed by atoms with Crippen LogP contribution in [0.15, 0.2) is 52.9 Å². The van der Waals surface area contributed by atoms with Gasteiger partial charge in [0.05, 0.1) is 35.6 Å². The molecular formula is C22H25N3O2S2. The van der Waals surface area contributed by atoms with E-state index < -0.39 is 0 Å². The Balaban J connectivity index is 1.35. The zero-order chi connectivity index (χ0) is 20.1. The van der Waals surface area contributed by atoms with Crippen molar-refractivity contribution in [3.05, 3.63) is 58.3 Å². The standard InChI is InChI=1S/C22H25N3O2S2/c1-16-13-22(24-18-6-3-2-5-17(16)18)29-15-21(26)23-14-19(20-7-4-12-28-20)25-8-10-27-11-9-25/h2-7,12-13,19H,8-11,14-15H2,1H3,(H,23,26). The highest BCUT2D eigenvalue weighted by molar-refractivity contribution is 7.99. The second-order valence-electron chi connectivity index (χ2n) is 7.07. The first-order valence-electron chi connectivity index (χ1n) is 9.82. The lowest BCUT2D eigenvalue weighted by Gasteiger charge is -2.34. The highest BCUT2D eigenvalue weighted by Gasteiger charge is 2.24. The van der Waals surface area contributed by atoms with Crippen LogP contribution in [0.1, 0.15) is 16.5 Å². The van der Waals surface area contributed by atoms with E-state index in [-0.39, 0.29) is 11.9 Å². The number of pyridine rings is 1. The second-order valence-corrected chi connectivity index (χ2v) is 9.04. The molecule has 1 saturated heterocycles. The number of rotatable bonds is 7. The molecule has 4 rings (SSSR count). The molecule has 5 nitrogen and oxygen atoms in total. The number of hydrogen-bond donors (Lipinski definition) is 1. The van der Waals surface area contributed by atoms with Crippen LogP contribution in [0.4, 0.5) is 0 Å². The number of nitrogens with zero attached hydrogens (tertiary/aromatic N) is 2. The van der Waals surface area contributed by atoms with Gasteiger partial charge in [-0.15, -0.1) is 11.3 Å². The van der Waals surface area contributed by atoms with Crippen LogP contribution in [-0.4, -0.2) is 54.4 Å².